The van der Waals surface area contributed by atoms with E-state index in [0.717, 1.165) is 27.8 Å². The molecule has 1 aliphatic heterocycles. The number of halogens is 2. The van der Waals surface area contributed by atoms with E-state index < -0.39 is 0 Å². The van der Waals surface area contributed by atoms with Crippen LogP contribution in [-0.4, -0.2) is 22.3 Å². The van der Waals surface area contributed by atoms with Gasteiger partial charge in [-0.25, -0.2) is 9.37 Å². The van der Waals surface area contributed by atoms with E-state index in [2.05, 4.69) is 26.2 Å². The number of nitrogens with zero attached hydrogens (tertiary/aromatic N) is 2. The van der Waals surface area contributed by atoms with E-state index in [9.17, 15) is 9.18 Å². The molecule has 0 saturated carbocycles. The van der Waals surface area contributed by atoms with Crippen LogP contribution in [0.3, 0.4) is 0 Å². The predicted octanol–water partition coefficient (Wildman–Crippen LogP) is 3.89. The summed E-state index contributed by atoms with van der Waals surface area (Å²) < 4.78 is 14.5. The molecule has 0 spiro atoms. The van der Waals surface area contributed by atoms with Crippen LogP contribution in [0.5, 0.6) is 0 Å². The van der Waals surface area contributed by atoms with Crippen molar-refractivity contribution in [2.24, 2.45) is 0 Å². The maximum absolute atomic E-state index is 13.6. The average Bonchev–Trinajstić information content (AvgIpc) is 2.69. The van der Waals surface area contributed by atoms with Crippen molar-refractivity contribution in [3.05, 3.63) is 57.9 Å². The van der Waals surface area contributed by atoms with Crippen LogP contribution in [0.4, 0.5) is 10.2 Å². The van der Waals surface area contributed by atoms with Gasteiger partial charge in [0.2, 0.25) is 5.91 Å². The Morgan fingerprint density at radius 1 is 1.39 bits per heavy atom. The van der Waals surface area contributed by atoms with Gasteiger partial charge in [-0.2, -0.15) is 0 Å². The third-order valence-corrected chi connectivity index (χ3v) is 4.49. The second-order valence-corrected chi connectivity index (χ2v) is 6.55. The van der Waals surface area contributed by atoms with Gasteiger partial charge in [0.1, 0.15) is 11.6 Å². The minimum absolute atomic E-state index is 0.00243. The van der Waals surface area contributed by atoms with Crippen LogP contribution in [0.15, 0.2) is 41.0 Å². The van der Waals surface area contributed by atoms with Crippen molar-refractivity contribution < 1.29 is 9.18 Å². The number of benzene rings is 1. The zero-order valence-corrected chi connectivity index (χ0v) is 14.3. The molecule has 1 atom stereocenters. The average molecular weight is 378 g/mol. The molecule has 0 radical (unpaired) electrons. The van der Waals surface area contributed by atoms with Gasteiger partial charge < -0.3 is 10.2 Å². The van der Waals surface area contributed by atoms with Gasteiger partial charge in [0.05, 0.1) is 6.04 Å². The van der Waals surface area contributed by atoms with Crippen molar-refractivity contribution in [3.8, 4) is 0 Å². The van der Waals surface area contributed by atoms with E-state index in [-0.39, 0.29) is 17.8 Å². The highest BCUT2D eigenvalue weighted by atomic mass is 79.9. The van der Waals surface area contributed by atoms with Crippen LogP contribution in [0.2, 0.25) is 0 Å². The summed E-state index contributed by atoms with van der Waals surface area (Å²) in [5.74, 6) is 0.474. The number of carbonyl (C=O) groups is 1. The molecule has 4 nitrogen and oxygen atoms in total. The molecule has 0 bridgehead atoms. The van der Waals surface area contributed by atoms with Crippen molar-refractivity contribution in [1.29, 1.82) is 0 Å². The van der Waals surface area contributed by atoms with Gasteiger partial charge in [-0.15, -0.1) is 0 Å². The topological polar surface area (TPSA) is 45.2 Å². The van der Waals surface area contributed by atoms with Gasteiger partial charge in [0, 0.05) is 30.7 Å². The molecule has 1 aromatic heterocycles. The zero-order valence-electron chi connectivity index (χ0n) is 12.7. The predicted molar refractivity (Wildman–Crippen MR) is 90.4 cm³/mol. The summed E-state index contributed by atoms with van der Waals surface area (Å²) in [6.07, 6.45) is 2.47. The second kappa shape index (κ2) is 6.66. The van der Waals surface area contributed by atoms with Crippen molar-refractivity contribution >= 4 is 27.7 Å². The number of rotatable bonds is 2. The van der Waals surface area contributed by atoms with E-state index in [1.165, 1.54) is 12.1 Å². The largest absolute Gasteiger partial charge is 0.363 e. The number of anilines is 1. The van der Waals surface area contributed by atoms with Crippen LogP contribution < -0.4 is 5.32 Å². The molecule has 6 heteroatoms. The fourth-order valence-corrected chi connectivity index (χ4v) is 3.07. The molecule has 23 heavy (non-hydrogen) atoms. The Hall–Kier alpha value is -1.95. The first-order chi connectivity index (χ1) is 11.0. The first-order valence-electron chi connectivity index (χ1n) is 7.45. The Labute approximate surface area is 142 Å². The normalized spacial score (nSPS) is 17.3. The number of fused-ring (bicyclic) bond motifs is 1. The molecule has 1 aromatic carbocycles. The van der Waals surface area contributed by atoms with Crippen LogP contribution in [0, 0.1) is 5.82 Å². The van der Waals surface area contributed by atoms with E-state index in [1.807, 2.05) is 12.1 Å². The quantitative estimate of drug-likeness (QED) is 0.863. The van der Waals surface area contributed by atoms with Crippen molar-refractivity contribution in [1.82, 2.24) is 9.88 Å². The molecule has 0 aliphatic carbocycles. The molecule has 1 unspecified atom stereocenters. The summed E-state index contributed by atoms with van der Waals surface area (Å²) in [5.41, 5.74) is 1.85. The summed E-state index contributed by atoms with van der Waals surface area (Å²) in [5, 5.41) is 3.39. The van der Waals surface area contributed by atoms with E-state index in [0.29, 0.717) is 13.1 Å². The van der Waals surface area contributed by atoms with Crippen molar-refractivity contribution in [2.45, 2.75) is 25.9 Å². The molecular weight excluding hydrogens is 361 g/mol. The lowest BCUT2D eigenvalue weighted by Crippen LogP contribution is -2.28. The molecule has 1 amide bonds. The maximum Gasteiger partial charge on any atom is 0.219 e. The summed E-state index contributed by atoms with van der Waals surface area (Å²) in [6, 6.07) is 8.57. The molecule has 0 fully saturated rings. The van der Waals surface area contributed by atoms with Gasteiger partial charge >= 0.3 is 0 Å². The Kier molecular flexibility index (Phi) is 4.61. The Bertz CT molecular complexity index is 720. The van der Waals surface area contributed by atoms with Gasteiger partial charge in [-0.3, -0.25) is 4.79 Å². The molecular formula is C17H17BrFN3O. The highest BCUT2D eigenvalue weighted by Gasteiger charge is 2.24. The van der Waals surface area contributed by atoms with E-state index in [1.54, 1.807) is 24.1 Å². The lowest BCUT2D eigenvalue weighted by molar-refractivity contribution is -0.129. The third-order valence-electron chi connectivity index (χ3n) is 4.02. The third kappa shape index (κ3) is 3.69. The molecule has 2 heterocycles. The lowest BCUT2D eigenvalue weighted by atomic mass is 9.99. The van der Waals surface area contributed by atoms with Crippen LogP contribution in [0.1, 0.15) is 30.5 Å². The van der Waals surface area contributed by atoms with Crippen molar-refractivity contribution in [3.63, 3.8) is 0 Å². The number of nitrogens with one attached hydrogen (secondary N) is 1. The summed E-state index contributed by atoms with van der Waals surface area (Å²) >= 11 is 3.36. The second-order valence-electron chi connectivity index (χ2n) is 5.63. The molecule has 0 saturated heterocycles. The fourth-order valence-electron chi connectivity index (χ4n) is 2.83. The zero-order chi connectivity index (χ0) is 16.4. The van der Waals surface area contributed by atoms with E-state index in [4.69, 9.17) is 0 Å². The summed E-state index contributed by atoms with van der Waals surface area (Å²) in [7, 11) is 0. The van der Waals surface area contributed by atoms with Gasteiger partial charge in [-0.1, -0.05) is 6.07 Å². The standard InChI is InChI=1S/C17H17BrFN3O/c1-11(23)22-7-6-16(21-17-5-2-13(18)9-20-17)15-4-3-14(19)8-12(15)10-22/h2-5,8-9,16H,6-7,10H2,1H3,(H,20,21). The minimum Gasteiger partial charge on any atom is -0.363 e. The number of pyridine rings is 1. The highest BCUT2D eigenvalue weighted by molar-refractivity contribution is 9.10. The first-order valence-corrected chi connectivity index (χ1v) is 8.24. The summed E-state index contributed by atoms with van der Waals surface area (Å²) in [4.78, 5) is 17.8. The lowest BCUT2D eigenvalue weighted by Gasteiger charge is -2.20. The minimum atomic E-state index is -0.283. The maximum atomic E-state index is 13.6. The molecule has 120 valence electrons. The smallest absolute Gasteiger partial charge is 0.219 e. The number of aromatic nitrogens is 1. The van der Waals surface area contributed by atoms with Gasteiger partial charge in [-0.05, 0) is 57.7 Å². The number of hydrogen-bond donors (Lipinski definition) is 1. The van der Waals surface area contributed by atoms with Crippen LogP contribution in [-0.2, 0) is 11.3 Å². The molecule has 1 N–H and O–H groups in total. The fraction of sp³-hybridized carbons (Fsp3) is 0.294. The molecule has 2 aromatic rings. The molecule has 1 aliphatic rings. The number of carbonyl (C=O) groups excluding carboxylic acids is 1. The van der Waals surface area contributed by atoms with Crippen molar-refractivity contribution in [2.75, 3.05) is 11.9 Å². The Morgan fingerprint density at radius 2 is 2.22 bits per heavy atom. The first kappa shape index (κ1) is 15.9. The number of amides is 1. The van der Waals surface area contributed by atoms with Gasteiger partial charge in [0.25, 0.3) is 0 Å². The summed E-state index contributed by atoms with van der Waals surface area (Å²) in [6.45, 7) is 2.61. The SMILES string of the molecule is CC(=O)N1CCC(Nc2ccc(Br)cn2)c2ccc(F)cc2C1. The Balaban J connectivity index is 1.91. The van der Waals surface area contributed by atoms with E-state index >= 15 is 0 Å². The molecule has 3 rings (SSSR count). The van der Waals surface area contributed by atoms with Crippen LogP contribution in [0.25, 0.3) is 0 Å². The number of hydrogen-bond acceptors (Lipinski definition) is 3. The van der Waals surface area contributed by atoms with Gasteiger partial charge in [0.15, 0.2) is 0 Å². The Morgan fingerprint density at radius 3 is 2.91 bits per heavy atom. The van der Waals surface area contributed by atoms with Crippen LogP contribution >= 0.6 is 15.9 Å². The highest BCUT2D eigenvalue weighted by Crippen LogP contribution is 2.30. The monoisotopic (exact) mass is 377 g/mol.